The van der Waals surface area contributed by atoms with Gasteiger partial charge in [0.1, 0.15) is 10.6 Å². The van der Waals surface area contributed by atoms with Crippen molar-refractivity contribution in [3.8, 4) is 0 Å². The van der Waals surface area contributed by atoms with Gasteiger partial charge in [0.2, 0.25) is 0 Å². The number of hydrogen-bond acceptors (Lipinski definition) is 7. The molecule has 0 N–H and O–H groups in total. The molecule has 9 heteroatoms. The molecule has 0 unspecified atom stereocenters. The minimum absolute atomic E-state index is 0.244. The average Bonchev–Trinajstić information content (AvgIpc) is 3.04. The van der Waals surface area contributed by atoms with Crippen LogP contribution in [-0.2, 0) is 19.1 Å². The summed E-state index contributed by atoms with van der Waals surface area (Å²) in [7, 11) is 0. The number of halogens is 1. The van der Waals surface area contributed by atoms with Gasteiger partial charge in [-0.15, -0.1) is 0 Å². The fourth-order valence-corrected chi connectivity index (χ4v) is 4.67. The highest BCUT2D eigenvalue weighted by Crippen LogP contribution is 2.39. The highest BCUT2D eigenvalue weighted by molar-refractivity contribution is 8.04. The van der Waals surface area contributed by atoms with Gasteiger partial charge in [0, 0.05) is 23.0 Å². The summed E-state index contributed by atoms with van der Waals surface area (Å²) in [6.45, 7) is 5.55. The van der Waals surface area contributed by atoms with Crippen molar-refractivity contribution in [1.82, 2.24) is 4.90 Å². The molecule has 0 saturated carbocycles. The van der Waals surface area contributed by atoms with E-state index in [1.165, 1.54) is 11.8 Å². The number of thioether (sulfide) groups is 1. The van der Waals surface area contributed by atoms with Crippen LogP contribution < -0.4 is 4.90 Å². The standard InChI is InChI=1S/C24H23ClN2O5S/c1-15(2)32-24(30)16-3-7-18(8-4-16)27-22(28)20(26-11-13-31-14-12-26)21(23(27)29)33-19-9-5-17(25)6-10-19/h3-10,15H,11-14H2,1-2H3. The fraction of sp³-hybridized carbons (Fsp3) is 0.292. The Morgan fingerprint density at radius 1 is 1.00 bits per heavy atom. The Bertz CT molecular complexity index is 1090. The Morgan fingerprint density at radius 2 is 1.64 bits per heavy atom. The van der Waals surface area contributed by atoms with E-state index < -0.39 is 17.8 Å². The van der Waals surface area contributed by atoms with Crippen molar-refractivity contribution >= 4 is 46.8 Å². The minimum atomic E-state index is -0.457. The van der Waals surface area contributed by atoms with Crippen LogP contribution in [0.3, 0.4) is 0 Å². The molecule has 33 heavy (non-hydrogen) atoms. The molecule has 4 rings (SSSR count). The maximum absolute atomic E-state index is 13.5. The van der Waals surface area contributed by atoms with Crippen LogP contribution in [0.1, 0.15) is 24.2 Å². The predicted octanol–water partition coefficient (Wildman–Crippen LogP) is 4.11. The SMILES string of the molecule is CC(C)OC(=O)c1ccc(N2C(=O)C(Sc3ccc(Cl)cc3)=C(N3CCOCC3)C2=O)cc1. The average molecular weight is 487 g/mol. The minimum Gasteiger partial charge on any atom is -0.459 e. The van der Waals surface area contributed by atoms with Gasteiger partial charge >= 0.3 is 5.97 Å². The summed E-state index contributed by atoms with van der Waals surface area (Å²) < 4.78 is 10.6. The molecule has 2 aliphatic rings. The van der Waals surface area contributed by atoms with E-state index >= 15 is 0 Å². The Labute approximate surface area is 201 Å². The van der Waals surface area contributed by atoms with Crippen molar-refractivity contribution in [3.05, 3.63) is 69.7 Å². The number of carbonyl (C=O) groups excluding carboxylic acids is 3. The number of anilines is 1. The van der Waals surface area contributed by atoms with Crippen molar-refractivity contribution in [2.75, 3.05) is 31.2 Å². The lowest BCUT2D eigenvalue weighted by atomic mass is 10.2. The molecule has 1 saturated heterocycles. The first-order chi connectivity index (χ1) is 15.8. The van der Waals surface area contributed by atoms with E-state index in [4.69, 9.17) is 21.1 Å². The topological polar surface area (TPSA) is 76.2 Å². The number of carbonyl (C=O) groups is 3. The van der Waals surface area contributed by atoms with Gasteiger partial charge in [-0.25, -0.2) is 9.69 Å². The van der Waals surface area contributed by atoms with E-state index in [1.54, 1.807) is 50.2 Å². The van der Waals surface area contributed by atoms with Gasteiger partial charge in [-0.3, -0.25) is 9.59 Å². The first-order valence-corrected chi connectivity index (χ1v) is 11.7. The molecule has 2 aliphatic heterocycles. The third-order valence-corrected chi connectivity index (χ3v) is 6.41. The molecular formula is C24H23ClN2O5S. The summed E-state index contributed by atoms with van der Waals surface area (Å²) in [6, 6.07) is 13.4. The molecule has 0 atom stereocenters. The molecule has 2 aromatic carbocycles. The molecule has 0 aromatic heterocycles. The van der Waals surface area contributed by atoms with Crippen molar-refractivity contribution in [3.63, 3.8) is 0 Å². The predicted molar refractivity (Wildman–Crippen MR) is 126 cm³/mol. The Balaban J connectivity index is 1.64. The number of benzene rings is 2. The molecule has 2 aromatic rings. The monoisotopic (exact) mass is 486 g/mol. The first kappa shape index (κ1) is 23.4. The van der Waals surface area contributed by atoms with Gasteiger partial charge < -0.3 is 14.4 Å². The first-order valence-electron chi connectivity index (χ1n) is 10.6. The summed E-state index contributed by atoms with van der Waals surface area (Å²) in [5, 5.41) is 0.591. The molecule has 0 aliphatic carbocycles. The van der Waals surface area contributed by atoms with E-state index in [-0.39, 0.29) is 6.10 Å². The lowest BCUT2D eigenvalue weighted by molar-refractivity contribution is -0.121. The number of nitrogens with zero attached hydrogens (tertiary/aromatic N) is 2. The third kappa shape index (κ3) is 5.08. The van der Waals surface area contributed by atoms with Crippen LogP contribution in [0.15, 0.2) is 64.0 Å². The zero-order valence-corrected chi connectivity index (χ0v) is 19.8. The number of imide groups is 1. The van der Waals surface area contributed by atoms with Gasteiger partial charge in [0.05, 0.1) is 30.6 Å². The molecule has 0 spiro atoms. The van der Waals surface area contributed by atoms with E-state index in [0.717, 1.165) is 9.80 Å². The summed E-state index contributed by atoms with van der Waals surface area (Å²) in [4.78, 5) is 43.3. The van der Waals surface area contributed by atoms with Crippen LogP contribution in [0.25, 0.3) is 0 Å². The van der Waals surface area contributed by atoms with Gasteiger partial charge in [-0.2, -0.15) is 0 Å². The lowest BCUT2D eigenvalue weighted by Crippen LogP contribution is -2.40. The molecule has 0 radical (unpaired) electrons. The molecule has 2 amide bonds. The van der Waals surface area contributed by atoms with Gasteiger partial charge in [-0.05, 0) is 62.4 Å². The molecule has 0 bridgehead atoms. The van der Waals surface area contributed by atoms with Crippen LogP contribution in [0.2, 0.25) is 5.02 Å². The van der Waals surface area contributed by atoms with Crippen molar-refractivity contribution in [1.29, 1.82) is 0 Å². The summed E-state index contributed by atoms with van der Waals surface area (Å²) in [5.41, 5.74) is 1.11. The van der Waals surface area contributed by atoms with E-state index in [0.29, 0.717) is 53.2 Å². The zero-order valence-electron chi connectivity index (χ0n) is 18.2. The number of hydrogen-bond donors (Lipinski definition) is 0. The van der Waals surface area contributed by atoms with E-state index in [2.05, 4.69) is 0 Å². The quantitative estimate of drug-likeness (QED) is 0.449. The Morgan fingerprint density at radius 3 is 2.24 bits per heavy atom. The second-order valence-corrected chi connectivity index (χ2v) is 9.30. The Hall–Kier alpha value is -2.81. The summed E-state index contributed by atoms with van der Waals surface area (Å²) in [6.07, 6.45) is -0.244. The van der Waals surface area contributed by atoms with E-state index in [9.17, 15) is 14.4 Å². The number of amides is 2. The zero-order chi connectivity index (χ0) is 23.5. The second kappa shape index (κ2) is 9.99. The number of esters is 1. The van der Waals surface area contributed by atoms with Crippen molar-refractivity contribution in [2.24, 2.45) is 0 Å². The highest BCUT2D eigenvalue weighted by Gasteiger charge is 2.42. The van der Waals surface area contributed by atoms with Crippen LogP contribution in [0, 0.1) is 0 Å². The van der Waals surface area contributed by atoms with Gasteiger partial charge in [-0.1, -0.05) is 23.4 Å². The van der Waals surface area contributed by atoms with Crippen molar-refractivity contribution < 1.29 is 23.9 Å². The highest BCUT2D eigenvalue weighted by atomic mass is 35.5. The van der Waals surface area contributed by atoms with Crippen LogP contribution in [0.4, 0.5) is 5.69 Å². The van der Waals surface area contributed by atoms with Crippen LogP contribution in [0.5, 0.6) is 0 Å². The number of rotatable bonds is 6. The molecule has 1 fully saturated rings. The van der Waals surface area contributed by atoms with E-state index in [1.807, 2.05) is 17.0 Å². The molecule has 2 heterocycles. The largest absolute Gasteiger partial charge is 0.459 e. The number of morpholine rings is 1. The number of ether oxygens (including phenoxy) is 2. The van der Waals surface area contributed by atoms with Crippen molar-refractivity contribution in [2.45, 2.75) is 24.8 Å². The van der Waals surface area contributed by atoms with Crippen LogP contribution >= 0.6 is 23.4 Å². The Kier molecular flexibility index (Phi) is 7.07. The molecule has 172 valence electrons. The molecule has 7 nitrogen and oxygen atoms in total. The second-order valence-electron chi connectivity index (χ2n) is 7.78. The summed E-state index contributed by atoms with van der Waals surface area (Å²) in [5.74, 6) is -1.25. The van der Waals surface area contributed by atoms with Gasteiger partial charge in [0.25, 0.3) is 11.8 Å². The van der Waals surface area contributed by atoms with Crippen LogP contribution in [-0.4, -0.2) is 55.1 Å². The normalized spacial score (nSPS) is 16.7. The maximum Gasteiger partial charge on any atom is 0.338 e. The van der Waals surface area contributed by atoms with Gasteiger partial charge in [0.15, 0.2) is 0 Å². The third-order valence-electron chi connectivity index (χ3n) is 5.08. The lowest BCUT2D eigenvalue weighted by Gasteiger charge is -2.29. The fourth-order valence-electron chi connectivity index (χ4n) is 3.54. The maximum atomic E-state index is 13.5. The smallest absolute Gasteiger partial charge is 0.338 e. The summed E-state index contributed by atoms with van der Waals surface area (Å²) >= 11 is 7.23. The molecular weight excluding hydrogens is 464 g/mol.